The highest BCUT2D eigenvalue weighted by Crippen LogP contribution is 2.36. The predicted octanol–water partition coefficient (Wildman–Crippen LogP) is 3.13. The van der Waals surface area contributed by atoms with Crippen LogP contribution in [0.3, 0.4) is 0 Å². The SMILES string of the molecule is CCCOc1cccc(C2Nc3ccc(C(=O)NO)cc3N2)c1. The third kappa shape index (κ3) is 3.22. The van der Waals surface area contributed by atoms with E-state index in [0.29, 0.717) is 12.2 Å². The highest BCUT2D eigenvalue weighted by Gasteiger charge is 2.22. The zero-order valence-electron chi connectivity index (χ0n) is 12.8. The third-order valence-electron chi connectivity index (χ3n) is 3.65. The summed E-state index contributed by atoms with van der Waals surface area (Å²) in [6.45, 7) is 2.76. The lowest BCUT2D eigenvalue weighted by atomic mass is 10.1. The van der Waals surface area contributed by atoms with Crippen LogP contribution in [-0.2, 0) is 0 Å². The molecule has 4 N–H and O–H groups in total. The molecule has 0 saturated heterocycles. The summed E-state index contributed by atoms with van der Waals surface area (Å²) in [4.78, 5) is 11.5. The van der Waals surface area contributed by atoms with Gasteiger partial charge in [-0.1, -0.05) is 19.1 Å². The topological polar surface area (TPSA) is 82.6 Å². The van der Waals surface area contributed by atoms with Gasteiger partial charge in [-0.3, -0.25) is 10.0 Å². The van der Waals surface area contributed by atoms with Crippen molar-refractivity contribution >= 4 is 17.3 Å². The number of benzene rings is 2. The number of nitrogens with one attached hydrogen (secondary N) is 3. The Labute approximate surface area is 134 Å². The lowest BCUT2D eigenvalue weighted by Crippen LogP contribution is -2.18. The van der Waals surface area contributed by atoms with Crippen molar-refractivity contribution in [2.75, 3.05) is 17.2 Å². The van der Waals surface area contributed by atoms with Gasteiger partial charge >= 0.3 is 0 Å². The predicted molar refractivity (Wildman–Crippen MR) is 87.9 cm³/mol. The van der Waals surface area contributed by atoms with Gasteiger partial charge in [0.15, 0.2) is 0 Å². The lowest BCUT2D eigenvalue weighted by molar-refractivity contribution is 0.0706. The van der Waals surface area contributed by atoms with Gasteiger partial charge in [0.25, 0.3) is 5.91 Å². The van der Waals surface area contributed by atoms with Gasteiger partial charge in [0.2, 0.25) is 0 Å². The molecule has 6 heteroatoms. The lowest BCUT2D eigenvalue weighted by Gasteiger charge is -2.14. The number of carbonyl (C=O) groups excluding carboxylic acids is 1. The summed E-state index contributed by atoms with van der Waals surface area (Å²) in [6, 6.07) is 13.1. The maximum absolute atomic E-state index is 11.5. The number of hydrogen-bond donors (Lipinski definition) is 4. The van der Waals surface area contributed by atoms with E-state index in [1.165, 1.54) is 0 Å². The summed E-state index contributed by atoms with van der Waals surface area (Å²) in [5, 5.41) is 15.4. The number of rotatable bonds is 5. The fourth-order valence-corrected chi connectivity index (χ4v) is 2.51. The molecule has 3 rings (SSSR count). The molecule has 0 saturated carbocycles. The van der Waals surface area contributed by atoms with Gasteiger partial charge < -0.3 is 15.4 Å². The van der Waals surface area contributed by atoms with Gasteiger partial charge in [0.1, 0.15) is 11.9 Å². The maximum atomic E-state index is 11.5. The maximum Gasteiger partial charge on any atom is 0.274 e. The number of hydrogen-bond acceptors (Lipinski definition) is 5. The Morgan fingerprint density at radius 3 is 2.83 bits per heavy atom. The molecule has 1 aliphatic heterocycles. The molecule has 1 atom stereocenters. The molecule has 1 aliphatic rings. The highest BCUT2D eigenvalue weighted by molar-refractivity contribution is 5.96. The minimum Gasteiger partial charge on any atom is -0.494 e. The Morgan fingerprint density at radius 1 is 1.22 bits per heavy atom. The van der Waals surface area contributed by atoms with Crippen molar-refractivity contribution in [2.24, 2.45) is 0 Å². The number of fused-ring (bicyclic) bond motifs is 1. The van der Waals surface area contributed by atoms with Crippen LogP contribution in [0.2, 0.25) is 0 Å². The Morgan fingerprint density at radius 2 is 2.04 bits per heavy atom. The van der Waals surface area contributed by atoms with Crippen LogP contribution in [0.25, 0.3) is 0 Å². The second-order valence-electron chi connectivity index (χ2n) is 5.34. The summed E-state index contributed by atoms with van der Waals surface area (Å²) >= 11 is 0. The van der Waals surface area contributed by atoms with E-state index in [9.17, 15) is 4.79 Å². The molecule has 2 aromatic rings. The molecule has 0 aromatic heterocycles. The molecular weight excluding hydrogens is 294 g/mol. The van der Waals surface area contributed by atoms with Gasteiger partial charge in [-0.15, -0.1) is 0 Å². The van der Waals surface area contributed by atoms with E-state index in [1.54, 1.807) is 17.6 Å². The monoisotopic (exact) mass is 313 g/mol. The number of carbonyl (C=O) groups is 1. The second-order valence-corrected chi connectivity index (χ2v) is 5.34. The van der Waals surface area contributed by atoms with Gasteiger partial charge in [-0.05, 0) is 42.3 Å². The zero-order chi connectivity index (χ0) is 16.2. The van der Waals surface area contributed by atoms with Crippen molar-refractivity contribution in [1.29, 1.82) is 0 Å². The minimum atomic E-state index is -0.534. The van der Waals surface area contributed by atoms with Crippen molar-refractivity contribution in [2.45, 2.75) is 19.5 Å². The molecule has 120 valence electrons. The normalized spacial score (nSPS) is 15.3. The average Bonchev–Trinajstić information content (AvgIpc) is 3.02. The first-order chi connectivity index (χ1) is 11.2. The van der Waals surface area contributed by atoms with Crippen LogP contribution < -0.4 is 20.9 Å². The highest BCUT2D eigenvalue weighted by atomic mass is 16.5. The van der Waals surface area contributed by atoms with Crippen molar-refractivity contribution < 1.29 is 14.7 Å². The average molecular weight is 313 g/mol. The van der Waals surface area contributed by atoms with Gasteiger partial charge in [0.05, 0.1) is 18.0 Å². The Balaban J connectivity index is 1.78. The summed E-state index contributed by atoms with van der Waals surface area (Å²) < 4.78 is 5.66. The molecule has 0 fully saturated rings. The summed E-state index contributed by atoms with van der Waals surface area (Å²) in [5.41, 5.74) is 4.80. The Bertz CT molecular complexity index is 718. The van der Waals surface area contributed by atoms with E-state index in [2.05, 4.69) is 17.6 Å². The van der Waals surface area contributed by atoms with E-state index in [1.807, 2.05) is 30.3 Å². The third-order valence-corrected chi connectivity index (χ3v) is 3.65. The van der Waals surface area contributed by atoms with Crippen LogP contribution in [0.4, 0.5) is 11.4 Å². The fraction of sp³-hybridized carbons (Fsp3) is 0.235. The largest absolute Gasteiger partial charge is 0.494 e. The van der Waals surface area contributed by atoms with E-state index in [-0.39, 0.29) is 6.17 Å². The molecule has 1 heterocycles. The van der Waals surface area contributed by atoms with Gasteiger partial charge in [0, 0.05) is 5.56 Å². The number of hydroxylamine groups is 1. The summed E-state index contributed by atoms with van der Waals surface area (Å²) in [7, 11) is 0. The molecule has 0 radical (unpaired) electrons. The van der Waals surface area contributed by atoms with Gasteiger partial charge in [-0.25, -0.2) is 5.48 Å². The Kier molecular flexibility index (Phi) is 4.34. The van der Waals surface area contributed by atoms with E-state index < -0.39 is 5.91 Å². The molecule has 0 aliphatic carbocycles. The van der Waals surface area contributed by atoms with Crippen molar-refractivity contribution in [3.63, 3.8) is 0 Å². The molecular formula is C17H19N3O3. The number of amides is 1. The number of ether oxygens (including phenoxy) is 1. The first-order valence-electron chi connectivity index (χ1n) is 7.55. The first-order valence-corrected chi connectivity index (χ1v) is 7.55. The molecule has 1 unspecified atom stereocenters. The van der Waals surface area contributed by atoms with Gasteiger partial charge in [-0.2, -0.15) is 0 Å². The van der Waals surface area contributed by atoms with E-state index in [4.69, 9.17) is 9.94 Å². The standard InChI is InChI=1S/C17H19N3O3/c1-2-8-23-13-5-3-4-11(9-13)16-18-14-7-6-12(17(21)20-22)10-15(14)19-16/h3-7,9-10,16,18-19,22H,2,8H2,1H3,(H,20,21). The molecule has 0 bridgehead atoms. The molecule has 1 amide bonds. The van der Waals surface area contributed by atoms with Crippen molar-refractivity contribution in [3.05, 3.63) is 53.6 Å². The Hall–Kier alpha value is -2.73. The quantitative estimate of drug-likeness (QED) is 0.503. The van der Waals surface area contributed by atoms with Crippen LogP contribution >= 0.6 is 0 Å². The van der Waals surface area contributed by atoms with Crippen LogP contribution in [0.5, 0.6) is 5.75 Å². The summed E-state index contributed by atoms with van der Waals surface area (Å²) in [5.74, 6) is 0.303. The summed E-state index contributed by atoms with van der Waals surface area (Å²) in [6.07, 6.45) is 0.869. The molecule has 0 spiro atoms. The number of anilines is 2. The smallest absolute Gasteiger partial charge is 0.274 e. The van der Waals surface area contributed by atoms with Crippen LogP contribution in [0.1, 0.15) is 35.4 Å². The van der Waals surface area contributed by atoms with Crippen molar-refractivity contribution in [1.82, 2.24) is 5.48 Å². The second kappa shape index (κ2) is 6.58. The molecule has 6 nitrogen and oxygen atoms in total. The molecule has 23 heavy (non-hydrogen) atoms. The first kappa shape index (κ1) is 15.2. The van der Waals surface area contributed by atoms with Crippen LogP contribution in [0.15, 0.2) is 42.5 Å². The van der Waals surface area contributed by atoms with E-state index >= 15 is 0 Å². The van der Waals surface area contributed by atoms with E-state index in [0.717, 1.165) is 29.1 Å². The molecule has 2 aromatic carbocycles. The van der Waals surface area contributed by atoms with Crippen molar-refractivity contribution in [3.8, 4) is 5.75 Å². The minimum absolute atomic E-state index is 0.0948. The fourth-order valence-electron chi connectivity index (χ4n) is 2.51. The zero-order valence-corrected chi connectivity index (χ0v) is 12.8. The van der Waals surface area contributed by atoms with Crippen LogP contribution in [0, 0.1) is 0 Å². The van der Waals surface area contributed by atoms with Crippen LogP contribution in [-0.4, -0.2) is 17.7 Å².